The Hall–Kier alpha value is -1.75. The van der Waals surface area contributed by atoms with Gasteiger partial charge in [0.05, 0.1) is 17.8 Å². The van der Waals surface area contributed by atoms with Gasteiger partial charge in [0.2, 0.25) is 0 Å². The van der Waals surface area contributed by atoms with Crippen molar-refractivity contribution in [2.75, 3.05) is 19.4 Å². The molecule has 0 aromatic heterocycles. The SMILES string of the molecule is COC(=O)CCCCCNC(=O)c1ccc(Cl)c(N)c1. The second-order valence-corrected chi connectivity index (χ2v) is 4.79. The molecule has 0 spiro atoms. The van der Waals surface area contributed by atoms with Crippen molar-refractivity contribution in [2.24, 2.45) is 0 Å². The van der Waals surface area contributed by atoms with Crippen molar-refractivity contribution in [1.82, 2.24) is 5.32 Å². The molecule has 1 aromatic carbocycles. The zero-order valence-electron chi connectivity index (χ0n) is 11.4. The summed E-state index contributed by atoms with van der Waals surface area (Å²) in [7, 11) is 1.38. The number of nitrogen functional groups attached to an aromatic ring is 1. The zero-order valence-corrected chi connectivity index (χ0v) is 12.2. The molecule has 0 heterocycles. The van der Waals surface area contributed by atoms with Crippen LogP contribution < -0.4 is 11.1 Å². The number of carbonyl (C=O) groups is 2. The molecular weight excluding hydrogens is 280 g/mol. The highest BCUT2D eigenvalue weighted by Crippen LogP contribution is 2.19. The number of unbranched alkanes of at least 4 members (excludes halogenated alkanes) is 2. The molecule has 0 bridgehead atoms. The number of ether oxygens (including phenoxy) is 1. The normalized spacial score (nSPS) is 10.1. The predicted octanol–water partition coefficient (Wildman–Crippen LogP) is 2.39. The third-order valence-corrected chi connectivity index (χ3v) is 3.17. The molecule has 0 aliphatic carbocycles. The van der Waals surface area contributed by atoms with Crippen LogP contribution in [0.4, 0.5) is 5.69 Å². The topological polar surface area (TPSA) is 81.4 Å². The summed E-state index contributed by atoms with van der Waals surface area (Å²) >= 11 is 5.79. The second kappa shape index (κ2) is 8.43. The van der Waals surface area contributed by atoms with Crippen LogP contribution in [-0.2, 0) is 9.53 Å². The first-order valence-corrected chi connectivity index (χ1v) is 6.82. The minimum Gasteiger partial charge on any atom is -0.469 e. The van der Waals surface area contributed by atoms with Gasteiger partial charge in [-0.1, -0.05) is 18.0 Å². The number of methoxy groups -OCH3 is 1. The molecule has 0 fully saturated rings. The zero-order chi connectivity index (χ0) is 15.0. The molecule has 1 aromatic rings. The first-order valence-electron chi connectivity index (χ1n) is 6.44. The largest absolute Gasteiger partial charge is 0.469 e. The maximum Gasteiger partial charge on any atom is 0.305 e. The van der Waals surface area contributed by atoms with Crippen molar-refractivity contribution in [3.05, 3.63) is 28.8 Å². The summed E-state index contributed by atoms with van der Waals surface area (Å²) in [6.07, 6.45) is 2.85. The lowest BCUT2D eigenvalue weighted by atomic mass is 10.1. The molecule has 1 amide bonds. The van der Waals surface area contributed by atoms with Gasteiger partial charge in [-0.15, -0.1) is 0 Å². The quantitative estimate of drug-likeness (QED) is 0.460. The van der Waals surface area contributed by atoms with Crippen molar-refractivity contribution in [1.29, 1.82) is 0 Å². The van der Waals surface area contributed by atoms with Crippen LogP contribution in [0.1, 0.15) is 36.0 Å². The van der Waals surface area contributed by atoms with Crippen LogP contribution in [0, 0.1) is 0 Å². The molecule has 0 saturated carbocycles. The number of anilines is 1. The Morgan fingerprint density at radius 1 is 1.30 bits per heavy atom. The summed E-state index contributed by atoms with van der Waals surface area (Å²) in [4.78, 5) is 22.7. The van der Waals surface area contributed by atoms with Crippen LogP contribution in [0.5, 0.6) is 0 Å². The van der Waals surface area contributed by atoms with Gasteiger partial charge in [-0.3, -0.25) is 9.59 Å². The molecule has 0 aliphatic heterocycles. The van der Waals surface area contributed by atoms with Crippen LogP contribution in [0.15, 0.2) is 18.2 Å². The predicted molar refractivity (Wildman–Crippen MR) is 78.7 cm³/mol. The average Bonchev–Trinajstić information content (AvgIpc) is 2.44. The number of nitrogens with two attached hydrogens (primary N) is 1. The third kappa shape index (κ3) is 5.48. The number of halogens is 1. The van der Waals surface area contributed by atoms with E-state index < -0.39 is 0 Å². The highest BCUT2D eigenvalue weighted by molar-refractivity contribution is 6.33. The molecule has 1 rings (SSSR count). The molecule has 0 radical (unpaired) electrons. The highest BCUT2D eigenvalue weighted by atomic mass is 35.5. The third-order valence-electron chi connectivity index (χ3n) is 2.83. The first-order chi connectivity index (χ1) is 9.54. The molecule has 0 unspecified atom stereocenters. The summed E-state index contributed by atoms with van der Waals surface area (Å²) in [5.74, 6) is -0.382. The van der Waals surface area contributed by atoms with Crippen molar-refractivity contribution in [2.45, 2.75) is 25.7 Å². The van der Waals surface area contributed by atoms with Gasteiger partial charge in [0.15, 0.2) is 0 Å². The van der Waals surface area contributed by atoms with Gasteiger partial charge in [-0.25, -0.2) is 0 Å². The van der Waals surface area contributed by atoms with E-state index in [1.165, 1.54) is 7.11 Å². The Labute approximate surface area is 123 Å². The number of amides is 1. The van der Waals surface area contributed by atoms with Crippen molar-refractivity contribution in [3.8, 4) is 0 Å². The highest BCUT2D eigenvalue weighted by Gasteiger charge is 2.07. The molecule has 110 valence electrons. The fourth-order valence-corrected chi connectivity index (χ4v) is 1.78. The second-order valence-electron chi connectivity index (χ2n) is 4.38. The van der Waals surface area contributed by atoms with E-state index in [-0.39, 0.29) is 11.9 Å². The Balaban J connectivity index is 2.23. The maximum absolute atomic E-state index is 11.8. The number of hydrogen-bond donors (Lipinski definition) is 2. The van der Waals surface area contributed by atoms with E-state index in [4.69, 9.17) is 17.3 Å². The lowest BCUT2D eigenvalue weighted by Gasteiger charge is -2.06. The fraction of sp³-hybridized carbons (Fsp3) is 0.429. The number of nitrogens with one attached hydrogen (secondary N) is 1. The first kappa shape index (κ1) is 16.3. The van der Waals surface area contributed by atoms with Gasteiger partial charge in [-0.05, 0) is 31.0 Å². The molecule has 0 atom stereocenters. The van der Waals surface area contributed by atoms with Gasteiger partial charge in [0.1, 0.15) is 0 Å². The van der Waals surface area contributed by atoms with Crippen LogP contribution in [0.25, 0.3) is 0 Å². The summed E-state index contributed by atoms with van der Waals surface area (Å²) in [5, 5.41) is 3.23. The molecule has 0 saturated heterocycles. The Kier molecular flexibility index (Phi) is 6.87. The Bertz CT molecular complexity index is 477. The van der Waals surface area contributed by atoms with Crippen LogP contribution in [0.3, 0.4) is 0 Å². The number of hydrogen-bond acceptors (Lipinski definition) is 4. The number of benzene rings is 1. The summed E-state index contributed by atoms with van der Waals surface area (Å²) in [6.45, 7) is 0.558. The Morgan fingerprint density at radius 3 is 2.70 bits per heavy atom. The maximum atomic E-state index is 11.8. The number of esters is 1. The molecule has 0 aliphatic rings. The minimum absolute atomic E-state index is 0.179. The van der Waals surface area contributed by atoms with Gasteiger partial charge in [-0.2, -0.15) is 0 Å². The van der Waals surface area contributed by atoms with E-state index in [0.717, 1.165) is 19.3 Å². The van der Waals surface area contributed by atoms with Crippen molar-refractivity contribution < 1.29 is 14.3 Å². The van der Waals surface area contributed by atoms with Crippen molar-refractivity contribution in [3.63, 3.8) is 0 Å². The van der Waals surface area contributed by atoms with Crippen LogP contribution >= 0.6 is 11.6 Å². The molecule has 3 N–H and O–H groups in total. The van der Waals surface area contributed by atoms with Crippen LogP contribution in [0.2, 0.25) is 5.02 Å². The molecular formula is C14H19ClN2O3. The number of rotatable bonds is 7. The standard InChI is InChI=1S/C14H19ClN2O3/c1-20-13(18)5-3-2-4-8-17-14(19)10-6-7-11(15)12(16)9-10/h6-7,9H,2-5,8,16H2,1H3,(H,17,19). The van der Waals surface area contributed by atoms with Crippen LogP contribution in [-0.4, -0.2) is 25.5 Å². The monoisotopic (exact) mass is 298 g/mol. The average molecular weight is 299 g/mol. The summed E-state index contributed by atoms with van der Waals surface area (Å²) in [6, 6.07) is 4.78. The smallest absolute Gasteiger partial charge is 0.305 e. The molecule has 20 heavy (non-hydrogen) atoms. The van der Waals surface area contributed by atoms with Crippen molar-refractivity contribution >= 4 is 29.2 Å². The van der Waals surface area contributed by atoms with Gasteiger partial charge >= 0.3 is 5.97 Å². The summed E-state index contributed by atoms with van der Waals surface area (Å²) in [5.41, 5.74) is 6.51. The molecule has 6 heteroatoms. The lowest BCUT2D eigenvalue weighted by molar-refractivity contribution is -0.140. The van der Waals surface area contributed by atoms with E-state index in [1.54, 1.807) is 18.2 Å². The van der Waals surface area contributed by atoms with E-state index in [1.807, 2.05) is 0 Å². The van der Waals surface area contributed by atoms with E-state index >= 15 is 0 Å². The Morgan fingerprint density at radius 2 is 2.05 bits per heavy atom. The van der Waals surface area contributed by atoms with E-state index in [9.17, 15) is 9.59 Å². The van der Waals surface area contributed by atoms with E-state index in [0.29, 0.717) is 29.2 Å². The lowest BCUT2D eigenvalue weighted by Crippen LogP contribution is -2.24. The summed E-state index contributed by atoms with van der Waals surface area (Å²) < 4.78 is 4.54. The fourth-order valence-electron chi connectivity index (χ4n) is 1.66. The van der Waals surface area contributed by atoms with Gasteiger partial charge < -0.3 is 15.8 Å². The van der Waals surface area contributed by atoms with Gasteiger partial charge in [0.25, 0.3) is 5.91 Å². The van der Waals surface area contributed by atoms with Gasteiger partial charge in [0, 0.05) is 18.5 Å². The van der Waals surface area contributed by atoms with E-state index in [2.05, 4.69) is 10.1 Å². The minimum atomic E-state index is -0.203. The molecule has 5 nitrogen and oxygen atoms in total. The number of carbonyl (C=O) groups excluding carboxylic acids is 2.